The van der Waals surface area contributed by atoms with Gasteiger partial charge < -0.3 is 10.1 Å². The predicted octanol–water partition coefficient (Wildman–Crippen LogP) is 1.87. The van der Waals surface area contributed by atoms with Crippen molar-refractivity contribution in [3.8, 4) is 0 Å². The van der Waals surface area contributed by atoms with Gasteiger partial charge in [-0.05, 0) is 19.3 Å². The molecular formula is C16H28N4O. The van der Waals surface area contributed by atoms with Gasteiger partial charge in [0.05, 0.1) is 18.9 Å². The maximum atomic E-state index is 5.47. The third kappa shape index (κ3) is 5.34. The summed E-state index contributed by atoms with van der Waals surface area (Å²) in [6.07, 6.45) is 6.51. The lowest BCUT2D eigenvalue weighted by atomic mass is 10.0. The van der Waals surface area contributed by atoms with E-state index in [0.717, 1.165) is 38.5 Å². The van der Waals surface area contributed by atoms with Crippen LogP contribution in [-0.2, 0) is 4.74 Å². The van der Waals surface area contributed by atoms with Crippen LogP contribution in [0.5, 0.6) is 0 Å². The van der Waals surface area contributed by atoms with Crippen molar-refractivity contribution < 1.29 is 4.74 Å². The Kier molecular flexibility index (Phi) is 6.54. The van der Waals surface area contributed by atoms with Crippen molar-refractivity contribution in [2.75, 3.05) is 32.8 Å². The molecule has 1 N–H and O–H groups in total. The van der Waals surface area contributed by atoms with E-state index in [2.05, 4.69) is 41.0 Å². The molecular weight excluding hydrogens is 264 g/mol. The van der Waals surface area contributed by atoms with Crippen LogP contribution >= 0.6 is 0 Å². The maximum Gasteiger partial charge on any atom is 0.0753 e. The van der Waals surface area contributed by atoms with Gasteiger partial charge in [-0.15, -0.1) is 0 Å². The molecule has 1 fully saturated rings. The zero-order valence-corrected chi connectivity index (χ0v) is 13.5. The molecule has 21 heavy (non-hydrogen) atoms. The first-order valence-corrected chi connectivity index (χ1v) is 7.98. The van der Waals surface area contributed by atoms with Crippen molar-refractivity contribution >= 4 is 0 Å². The average molecular weight is 292 g/mol. The fourth-order valence-electron chi connectivity index (χ4n) is 2.80. The standard InChI is InChI=1S/C16H28N4O/c1-13(2)10-15(20-6-8-21-9-7-20)11-19-14(3)16-12-17-4-5-18-16/h4-5,12-15,19H,6-11H2,1-3H3. The van der Waals surface area contributed by atoms with E-state index in [-0.39, 0.29) is 6.04 Å². The topological polar surface area (TPSA) is 50.3 Å². The van der Waals surface area contributed by atoms with E-state index >= 15 is 0 Å². The first-order chi connectivity index (χ1) is 10.2. The smallest absolute Gasteiger partial charge is 0.0753 e. The van der Waals surface area contributed by atoms with E-state index < -0.39 is 0 Å². The van der Waals surface area contributed by atoms with Gasteiger partial charge in [-0.3, -0.25) is 14.9 Å². The molecule has 5 heteroatoms. The second kappa shape index (κ2) is 8.41. The van der Waals surface area contributed by atoms with Crippen molar-refractivity contribution in [2.45, 2.75) is 39.3 Å². The molecule has 1 saturated heterocycles. The summed E-state index contributed by atoms with van der Waals surface area (Å²) in [6, 6.07) is 0.794. The van der Waals surface area contributed by atoms with E-state index in [0.29, 0.717) is 12.0 Å². The zero-order valence-electron chi connectivity index (χ0n) is 13.5. The van der Waals surface area contributed by atoms with Gasteiger partial charge in [-0.2, -0.15) is 0 Å². The van der Waals surface area contributed by atoms with Crippen LogP contribution in [0.4, 0.5) is 0 Å². The summed E-state index contributed by atoms with van der Waals surface area (Å²) in [5.74, 6) is 0.700. The Hall–Kier alpha value is -1.04. The van der Waals surface area contributed by atoms with Crippen LogP contribution in [0.25, 0.3) is 0 Å². The van der Waals surface area contributed by atoms with Gasteiger partial charge in [0.15, 0.2) is 0 Å². The van der Waals surface area contributed by atoms with Crippen LogP contribution in [0, 0.1) is 5.92 Å². The number of aromatic nitrogens is 2. The quantitative estimate of drug-likeness (QED) is 0.831. The molecule has 1 aliphatic heterocycles. The third-order valence-electron chi connectivity index (χ3n) is 3.99. The van der Waals surface area contributed by atoms with Crippen molar-refractivity contribution in [1.29, 1.82) is 0 Å². The summed E-state index contributed by atoms with van der Waals surface area (Å²) in [7, 11) is 0. The van der Waals surface area contributed by atoms with Crippen molar-refractivity contribution in [2.24, 2.45) is 5.92 Å². The molecule has 2 unspecified atom stereocenters. The van der Waals surface area contributed by atoms with Crippen LogP contribution in [-0.4, -0.2) is 53.8 Å². The summed E-state index contributed by atoms with van der Waals surface area (Å²) in [5.41, 5.74) is 1.00. The molecule has 2 rings (SSSR count). The molecule has 1 aromatic heterocycles. The Morgan fingerprint density at radius 1 is 1.24 bits per heavy atom. The zero-order chi connectivity index (χ0) is 15.1. The Bertz CT molecular complexity index is 393. The summed E-state index contributed by atoms with van der Waals surface area (Å²) >= 11 is 0. The van der Waals surface area contributed by atoms with Gasteiger partial charge in [0.1, 0.15) is 0 Å². The monoisotopic (exact) mass is 292 g/mol. The number of hydrogen-bond acceptors (Lipinski definition) is 5. The van der Waals surface area contributed by atoms with Crippen molar-refractivity contribution in [3.63, 3.8) is 0 Å². The lowest BCUT2D eigenvalue weighted by Crippen LogP contribution is -2.48. The number of rotatable bonds is 7. The molecule has 0 amide bonds. The molecule has 118 valence electrons. The van der Waals surface area contributed by atoms with Crippen LogP contribution < -0.4 is 5.32 Å². The van der Waals surface area contributed by atoms with Gasteiger partial charge >= 0.3 is 0 Å². The highest BCUT2D eigenvalue weighted by atomic mass is 16.5. The first-order valence-electron chi connectivity index (χ1n) is 7.98. The summed E-state index contributed by atoms with van der Waals surface area (Å²) in [4.78, 5) is 11.1. The fourth-order valence-corrected chi connectivity index (χ4v) is 2.80. The Labute approximate surface area is 128 Å². The number of ether oxygens (including phenoxy) is 1. The van der Waals surface area contributed by atoms with E-state index in [9.17, 15) is 0 Å². The van der Waals surface area contributed by atoms with Gasteiger partial charge in [-0.1, -0.05) is 13.8 Å². The normalized spacial score (nSPS) is 19.6. The molecule has 1 aliphatic rings. The van der Waals surface area contributed by atoms with Crippen LogP contribution in [0.2, 0.25) is 0 Å². The van der Waals surface area contributed by atoms with Crippen molar-refractivity contribution in [1.82, 2.24) is 20.2 Å². The molecule has 0 aromatic carbocycles. The van der Waals surface area contributed by atoms with E-state index in [1.807, 2.05) is 6.20 Å². The molecule has 0 saturated carbocycles. The maximum absolute atomic E-state index is 5.47. The molecule has 1 aromatic rings. The van der Waals surface area contributed by atoms with E-state index in [4.69, 9.17) is 4.74 Å². The van der Waals surface area contributed by atoms with Gasteiger partial charge in [-0.25, -0.2) is 0 Å². The number of morpholine rings is 1. The van der Waals surface area contributed by atoms with Gasteiger partial charge in [0.2, 0.25) is 0 Å². The minimum Gasteiger partial charge on any atom is -0.379 e. The highest BCUT2D eigenvalue weighted by molar-refractivity contribution is 5.00. The minimum atomic E-state index is 0.231. The fraction of sp³-hybridized carbons (Fsp3) is 0.750. The highest BCUT2D eigenvalue weighted by Gasteiger charge is 2.22. The molecule has 2 heterocycles. The van der Waals surface area contributed by atoms with Gasteiger partial charge in [0.25, 0.3) is 0 Å². The number of nitrogens with zero attached hydrogens (tertiary/aromatic N) is 3. The molecule has 2 atom stereocenters. The molecule has 0 radical (unpaired) electrons. The lowest BCUT2D eigenvalue weighted by molar-refractivity contribution is 0.0119. The number of nitrogens with one attached hydrogen (secondary N) is 1. The lowest BCUT2D eigenvalue weighted by Gasteiger charge is -2.36. The van der Waals surface area contributed by atoms with Crippen molar-refractivity contribution in [3.05, 3.63) is 24.3 Å². The molecule has 0 spiro atoms. The molecule has 0 bridgehead atoms. The predicted molar refractivity (Wildman–Crippen MR) is 84.1 cm³/mol. The van der Waals surface area contributed by atoms with Crippen LogP contribution in [0.15, 0.2) is 18.6 Å². The highest BCUT2D eigenvalue weighted by Crippen LogP contribution is 2.15. The summed E-state index contributed by atoms with van der Waals surface area (Å²) in [6.45, 7) is 11.5. The average Bonchev–Trinajstić information content (AvgIpc) is 2.52. The van der Waals surface area contributed by atoms with E-state index in [1.165, 1.54) is 6.42 Å². The largest absolute Gasteiger partial charge is 0.379 e. The Balaban J connectivity index is 1.88. The first kappa shape index (κ1) is 16.3. The molecule has 5 nitrogen and oxygen atoms in total. The van der Waals surface area contributed by atoms with E-state index in [1.54, 1.807) is 12.4 Å². The Morgan fingerprint density at radius 3 is 2.62 bits per heavy atom. The summed E-state index contributed by atoms with van der Waals surface area (Å²) in [5, 5.41) is 3.62. The minimum absolute atomic E-state index is 0.231. The molecule has 0 aliphatic carbocycles. The van der Waals surface area contributed by atoms with Crippen LogP contribution in [0.3, 0.4) is 0 Å². The van der Waals surface area contributed by atoms with Crippen LogP contribution in [0.1, 0.15) is 38.9 Å². The Morgan fingerprint density at radius 2 is 2.00 bits per heavy atom. The summed E-state index contributed by atoms with van der Waals surface area (Å²) < 4.78 is 5.47. The van der Waals surface area contributed by atoms with Gasteiger partial charge in [0, 0.05) is 50.3 Å². The number of hydrogen-bond donors (Lipinski definition) is 1. The second-order valence-corrected chi connectivity index (χ2v) is 6.19. The third-order valence-corrected chi connectivity index (χ3v) is 3.99. The SMILES string of the molecule is CC(C)CC(CNC(C)c1cnccn1)N1CCOCC1. The second-order valence-electron chi connectivity index (χ2n) is 6.19.